The molecular weight excluding hydrogens is 425 g/mol. The van der Waals surface area contributed by atoms with E-state index in [2.05, 4.69) is 5.32 Å². The van der Waals surface area contributed by atoms with Gasteiger partial charge in [-0.2, -0.15) is 0 Å². The molecule has 0 radical (unpaired) electrons. The number of carbonyl (C=O) groups excluding carboxylic acids is 2. The molecule has 1 saturated heterocycles. The van der Waals surface area contributed by atoms with Gasteiger partial charge in [0.05, 0.1) is 16.3 Å². The van der Waals surface area contributed by atoms with E-state index in [1.807, 2.05) is 5.38 Å². The van der Waals surface area contributed by atoms with Crippen LogP contribution in [-0.2, 0) is 11.2 Å². The van der Waals surface area contributed by atoms with Crippen molar-refractivity contribution in [3.05, 3.63) is 50.7 Å². The van der Waals surface area contributed by atoms with Crippen LogP contribution in [0.4, 0.5) is 4.39 Å². The van der Waals surface area contributed by atoms with Gasteiger partial charge in [-0.05, 0) is 43.9 Å². The number of nitrogens with one attached hydrogen (secondary N) is 1. The van der Waals surface area contributed by atoms with Gasteiger partial charge >= 0.3 is 0 Å². The highest BCUT2D eigenvalue weighted by molar-refractivity contribution is 7.09. The largest absolute Gasteiger partial charge is 0.355 e. The summed E-state index contributed by atoms with van der Waals surface area (Å²) in [7, 11) is 0. The lowest BCUT2D eigenvalue weighted by Gasteiger charge is -2.32. The number of nitrogens with zero attached hydrogens (tertiary/aromatic N) is 2. The van der Waals surface area contributed by atoms with E-state index in [1.54, 1.807) is 16.2 Å². The Morgan fingerprint density at radius 3 is 2.87 bits per heavy atom. The summed E-state index contributed by atoms with van der Waals surface area (Å²) in [6.45, 7) is 1.73. The molecule has 2 aliphatic rings. The van der Waals surface area contributed by atoms with Crippen molar-refractivity contribution in [2.45, 2.75) is 44.4 Å². The maximum Gasteiger partial charge on any atom is 0.256 e. The van der Waals surface area contributed by atoms with Crippen LogP contribution in [0.1, 0.15) is 59.1 Å². The Hall–Kier alpha value is -1.99. The van der Waals surface area contributed by atoms with Gasteiger partial charge in [0.15, 0.2) is 0 Å². The highest BCUT2D eigenvalue weighted by atomic mass is 35.5. The number of benzene rings is 1. The first-order valence-corrected chi connectivity index (χ1v) is 11.7. The zero-order valence-electron chi connectivity index (χ0n) is 16.7. The first-order valence-electron chi connectivity index (χ1n) is 10.5. The number of thiazole rings is 1. The van der Waals surface area contributed by atoms with Crippen LogP contribution >= 0.6 is 22.9 Å². The Balaban J connectivity index is 1.33. The monoisotopic (exact) mass is 449 g/mol. The van der Waals surface area contributed by atoms with Gasteiger partial charge in [0.25, 0.3) is 5.91 Å². The summed E-state index contributed by atoms with van der Waals surface area (Å²) in [4.78, 5) is 31.2. The smallest absolute Gasteiger partial charge is 0.256 e. The molecule has 0 bridgehead atoms. The van der Waals surface area contributed by atoms with Crippen molar-refractivity contribution in [2.24, 2.45) is 5.92 Å². The molecule has 2 fully saturated rings. The van der Waals surface area contributed by atoms with Crippen molar-refractivity contribution in [3.63, 3.8) is 0 Å². The quantitative estimate of drug-likeness (QED) is 0.710. The topological polar surface area (TPSA) is 62.3 Å². The molecule has 1 aliphatic heterocycles. The summed E-state index contributed by atoms with van der Waals surface area (Å²) in [5.74, 6) is -0.368. The molecule has 8 heteroatoms. The highest BCUT2D eigenvalue weighted by Gasteiger charge is 2.29. The molecule has 5 nitrogen and oxygen atoms in total. The first kappa shape index (κ1) is 21.2. The zero-order chi connectivity index (χ0) is 21.1. The van der Waals surface area contributed by atoms with Gasteiger partial charge in [-0.1, -0.05) is 18.0 Å². The van der Waals surface area contributed by atoms with Crippen LogP contribution in [0.5, 0.6) is 0 Å². The molecule has 2 amide bonds. The molecule has 0 unspecified atom stereocenters. The minimum atomic E-state index is -0.549. The van der Waals surface area contributed by atoms with Crippen LogP contribution in [-0.4, -0.2) is 41.3 Å². The fourth-order valence-electron chi connectivity index (χ4n) is 3.95. The maximum absolute atomic E-state index is 14.1. The number of halogens is 2. The number of hydrogen-bond donors (Lipinski definition) is 1. The van der Waals surface area contributed by atoms with Crippen LogP contribution in [0.25, 0.3) is 0 Å². The molecule has 1 N–H and O–H groups in total. The Kier molecular flexibility index (Phi) is 6.68. The molecule has 1 aromatic carbocycles. The predicted octanol–water partition coefficient (Wildman–Crippen LogP) is 4.41. The lowest BCUT2D eigenvalue weighted by atomic mass is 9.85. The summed E-state index contributed by atoms with van der Waals surface area (Å²) in [6, 6.07) is 4.06. The number of amides is 2. The Morgan fingerprint density at radius 1 is 1.27 bits per heavy atom. The van der Waals surface area contributed by atoms with Crippen molar-refractivity contribution in [3.8, 4) is 0 Å². The molecule has 2 aromatic rings. The Labute approximate surface area is 184 Å². The first-order chi connectivity index (χ1) is 14.5. The predicted molar refractivity (Wildman–Crippen MR) is 115 cm³/mol. The number of likely N-dealkylation sites (tertiary alicyclic amines) is 1. The van der Waals surface area contributed by atoms with Crippen LogP contribution in [0.15, 0.2) is 23.6 Å². The minimum absolute atomic E-state index is 0.0187. The van der Waals surface area contributed by atoms with Gasteiger partial charge in [-0.15, -0.1) is 11.3 Å². The van der Waals surface area contributed by atoms with Gasteiger partial charge in [0, 0.05) is 48.3 Å². The number of rotatable bonds is 6. The van der Waals surface area contributed by atoms with Crippen LogP contribution in [0, 0.1) is 11.7 Å². The van der Waals surface area contributed by atoms with Crippen molar-refractivity contribution >= 4 is 34.8 Å². The highest BCUT2D eigenvalue weighted by Crippen LogP contribution is 2.31. The molecule has 1 aromatic heterocycles. The fraction of sp³-hybridized carbons (Fsp3) is 0.500. The van der Waals surface area contributed by atoms with E-state index in [0.717, 1.165) is 42.8 Å². The summed E-state index contributed by atoms with van der Waals surface area (Å²) < 4.78 is 14.1. The molecule has 1 saturated carbocycles. The molecule has 4 rings (SSSR count). The number of piperidine rings is 1. The van der Waals surface area contributed by atoms with Crippen molar-refractivity contribution in [2.75, 3.05) is 19.6 Å². The molecule has 0 spiro atoms. The average Bonchev–Trinajstić information content (AvgIpc) is 3.17. The Bertz CT molecular complexity index is 931. The van der Waals surface area contributed by atoms with Crippen molar-refractivity contribution in [1.82, 2.24) is 15.2 Å². The molecule has 160 valence electrons. The summed E-state index contributed by atoms with van der Waals surface area (Å²) in [5.41, 5.74) is 0.985. The molecule has 1 aliphatic carbocycles. The van der Waals surface area contributed by atoms with E-state index in [1.165, 1.54) is 18.2 Å². The van der Waals surface area contributed by atoms with Gasteiger partial charge < -0.3 is 10.2 Å². The molecular formula is C22H25ClFN3O2S. The second-order valence-corrected chi connectivity index (χ2v) is 9.39. The second-order valence-electron chi connectivity index (χ2n) is 8.06. The third-order valence-corrected chi connectivity index (χ3v) is 7.23. The molecule has 1 atom stereocenters. The summed E-state index contributed by atoms with van der Waals surface area (Å²) >= 11 is 7.54. The van der Waals surface area contributed by atoms with Crippen molar-refractivity contribution in [1.29, 1.82) is 0 Å². The van der Waals surface area contributed by atoms with E-state index in [4.69, 9.17) is 16.6 Å². The van der Waals surface area contributed by atoms with E-state index < -0.39 is 5.82 Å². The normalized spacial score (nSPS) is 19.4. The molecule has 2 heterocycles. The van der Waals surface area contributed by atoms with Crippen LogP contribution in [0.2, 0.25) is 5.02 Å². The van der Waals surface area contributed by atoms with Gasteiger partial charge in [0.2, 0.25) is 5.91 Å². The van der Waals surface area contributed by atoms with Crippen LogP contribution in [0.3, 0.4) is 0 Å². The lowest BCUT2D eigenvalue weighted by Crippen LogP contribution is -2.39. The lowest BCUT2D eigenvalue weighted by molar-refractivity contribution is -0.127. The van der Waals surface area contributed by atoms with Crippen molar-refractivity contribution < 1.29 is 14.0 Å². The third kappa shape index (κ3) is 4.83. The van der Waals surface area contributed by atoms with E-state index in [9.17, 15) is 14.0 Å². The Morgan fingerprint density at radius 2 is 2.10 bits per heavy atom. The minimum Gasteiger partial charge on any atom is -0.355 e. The SMILES string of the molecule is O=C(NCCc1csc([C@H]2CCCN(C(=O)c3cc(Cl)ccc3F)C2)n1)C1CCC1. The average molecular weight is 450 g/mol. The van der Waals surface area contributed by atoms with E-state index >= 15 is 0 Å². The van der Waals surface area contributed by atoms with E-state index in [-0.39, 0.29) is 29.2 Å². The number of carbonyl (C=O) groups is 2. The molecule has 30 heavy (non-hydrogen) atoms. The second kappa shape index (κ2) is 9.43. The standard InChI is InChI=1S/C22H25ClFN3O2S/c23-16-6-7-19(24)18(11-16)22(29)27-10-2-5-15(12-27)21-26-17(13-30-21)8-9-25-20(28)14-3-1-4-14/h6-7,11,13-15H,1-5,8-10,12H2,(H,25,28)/t15-/m0/s1. The summed E-state index contributed by atoms with van der Waals surface area (Å²) in [5, 5.41) is 6.38. The maximum atomic E-state index is 14.1. The van der Waals surface area contributed by atoms with Gasteiger partial charge in [0.1, 0.15) is 5.82 Å². The fourth-order valence-corrected chi connectivity index (χ4v) is 5.10. The van der Waals surface area contributed by atoms with Gasteiger partial charge in [-0.3, -0.25) is 9.59 Å². The third-order valence-electron chi connectivity index (χ3n) is 5.94. The number of aromatic nitrogens is 1. The van der Waals surface area contributed by atoms with Crippen LogP contribution < -0.4 is 5.32 Å². The van der Waals surface area contributed by atoms with E-state index in [0.29, 0.717) is 31.1 Å². The van der Waals surface area contributed by atoms with Gasteiger partial charge in [-0.25, -0.2) is 9.37 Å². The number of hydrogen-bond acceptors (Lipinski definition) is 4. The summed E-state index contributed by atoms with van der Waals surface area (Å²) in [6.07, 6.45) is 5.67. The zero-order valence-corrected chi connectivity index (χ0v) is 18.3.